The van der Waals surface area contributed by atoms with E-state index in [-0.39, 0.29) is 5.43 Å². The standard InChI is InChI=1S/C18H18NO3/c1-11-9-13(21-4)10-15-16(11)18(20)17(12(2)22-15)14-7-5-6-8-19(14)3/h5-10H,1-4H3/q+1. The molecule has 0 N–H and O–H groups in total. The minimum absolute atomic E-state index is 0.0132. The Morgan fingerprint density at radius 1 is 1.18 bits per heavy atom. The molecule has 2 aromatic heterocycles. The second-order valence-electron chi connectivity index (χ2n) is 5.38. The van der Waals surface area contributed by atoms with Gasteiger partial charge in [-0.3, -0.25) is 4.79 Å². The number of pyridine rings is 1. The molecular formula is C18H18NO3+. The van der Waals surface area contributed by atoms with Crippen molar-refractivity contribution >= 4 is 11.0 Å². The van der Waals surface area contributed by atoms with Gasteiger partial charge in [0.05, 0.1) is 12.5 Å². The Hall–Kier alpha value is -2.62. The zero-order valence-corrected chi connectivity index (χ0v) is 13.1. The molecule has 0 aliphatic rings. The summed E-state index contributed by atoms with van der Waals surface area (Å²) < 4.78 is 13.1. The van der Waals surface area contributed by atoms with Crippen LogP contribution in [0.5, 0.6) is 5.75 Å². The van der Waals surface area contributed by atoms with Gasteiger partial charge in [0.2, 0.25) is 11.1 Å². The van der Waals surface area contributed by atoms with Gasteiger partial charge in [-0.2, -0.15) is 0 Å². The van der Waals surface area contributed by atoms with Crippen molar-refractivity contribution in [1.29, 1.82) is 0 Å². The van der Waals surface area contributed by atoms with Crippen molar-refractivity contribution in [3.63, 3.8) is 0 Å². The van der Waals surface area contributed by atoms with Gasteiger partial charge in [-0.05, 0) is 31.5 Å². The summed E-state index contributed by atoms with van der Waals surface area (Å²) in [5.74, 6) is 1.29. The van der Waals surface area contributed by atoms with Crippen LogP contribution in [0, 0.1) is 13.8 Å². The van der Waals surface area contributed by atoms with E-state index in [1.165, 1.54) is 0 Å². The minimum Gasteiger partial charge on any atom is -0.497 e. The Morgan fingerprint density at radius 2 is 1.95 bits per heavy atom. The number of benzene rings is 1. The summed E-state index contributed by atoms with van der Waals surface area (Å²) in [6.07, 6.45) is 1.92. The molecule has 0 spiro atoms. The normalized spacial score (nSPS) is 10.9. The second kappa shape index (κ2) is 5.30. The highest BCUT2D eigenvalue weighted by Gasteiger charge is 2.21. The second-order valence-corrected chi connectivity index (χ2v) is 5.38. The van der Waals surface area contributed by atoms with E-state index in [2.05, 4.69) is 0 Å². The van der Waals surface area contributed by atoms with Crippen LogP contribution in [0.1, 0.15) is 11.3 Å². The van der Waals surface area contributed by atoms with Crippen LogP contribution in [-0.2, 0) is 7.05 Å². The molecule has 0 aliphatic heterocycles. The van der Waals surface area contributed by atoms with Crippen LogP contribution < -0.4 is 14.7 Å². The Labute approximate surface area is 128 Å². The summed E-state index contributed by atoms with van der Waals surface area (Å²) in [7, 11) is 3.52. The Balaban J connectivity index is 2.42. The maximum atomic E-state index is 13.0. The van der Waals surface area contributed by atoms with Crippen LogP contribution in [0.15, 0.2) is 45.7 Å². The molecule has 2 heterocycles. The molecule has 0 unspecified atom stereocenters. The average molecular weight is 296 g/mol. The largest absolute Gasteiger partial charge is 0.497 e. The van der Waals surface area contributed by atoms with Gasteiger partial charge < -0.3 is 9.15 Å². The lowest BCUT2D eigenvalue weighted by atomic mass is 10.0. The molecule has 0 amide bonds. The van der Waals surface area contributed by atoms with E-state index in [4.69, 9.17) is 9.15 Å². The number of fused-ring (bicyclic) bond motifs is 1. The fraction of sp³-hybridized carbons (Fsp3) is 0.222. The minimum atomic E-state index is -0.0132. The molecule has 0 saturated heterocycles. The number of aryl methyl sites for hydroxylation is 3. The fourth-order valence-corrected chi connectivity index (χ4v) is 2.79. The third kappa shape index (κ3) is 2.17. The van der Waals surface area contributed by atoms with Crippen LogP contribution in [0.3, 0.4) is 0 Å². The lowest BCUT2D eigenvalue weighted by Crippen LogP contribution is -2.32. The smallest absolute Gasteiger partial charge is 0.219 e. The lowest BCUT2D eigenvalue weighted by molar-refractivity contribution is -0.660. The summed E-state index contributed by atoms with van der Waals surface area (Å²) >= 11 is 0. The van der Waals surface area contributed by atoms with Gasteiger partial charge in [0.25, 0.3) is 0 Å². The van der Waals surface area contributed by atoms with E-state index < -0.39 is 0 Å². The predicted octanol–water partition coefficient (Wildman–Crippen LogP) is 2.91. The van der Waals surface area contributed by atoms with Gasteiger partial charge >= 0.3 is 0 Å². The average Bonchev–Trinajstić information content (AvgIpc) is 2.48. The maximum Gasteiger partial charge on any atom is 0.219 e. The highest BCUT2D eigenvalue weighted by molar-refractivity contribution is 5.85. The van der Waals surface area contributed by atoms with Crippen molar-refractivity contribution in [2.45, 2.75) is 13.8 Å². The molecule has 22 heavy (non-hydrogen) atoms. The quantitative estimate of drug-likeness (QED) is 0.683. The van der Waals surface area contributed by atoms with Crippen LogP contribution in [0.25, 0.3) is 22.2 Å². The number of hydrogen-bond donors (Lipinski definition) is 0. The summed E-state index contributed by atoms with van der Waals surface area (Å²) in [6.45, 7) is 3.71. The molecule has 0 fully saturated rings. The number of hydrogen-bond acceptors (Lipinski definition) is 3. The highest BCUT2D eigenvalue weighted by Crippen LogP contribution is 2.27. The van der Waals surface area contributed by atoms with E-state index in [0.717, 1.165) is 11.3 Å². The molecule has 0 atom stereocenters. The molecule has 0 bridgehead atoms. The SMILES string of the molecule is COc1cc(C)c2c(=O)c(-c3cccc[n+]3C)c(C)oc2c1. The van der Waals surface area contributed by atoms with Gasteiger partial charge in [0.15, 0.2) is 6.20 Å². The zero-order chi connectivity index (χ0) is 15.9. The number of nitrogens with zero attached hydrogens (tertiary/aromatic N) is 1. The molecule has 112 valence electrons. The van der Waals surface area contributed by atoms with Crippen molar-refractivity contribution in [2.24, 2.45) is 7.05 Å². The van der Waals surface area contributed by atoms with Crippen molar-refractivity contribution in [2.75, 3.05) is 7.11 Å². The van der Waals surface area contributed by atoms with Crippen LogP contribution in [-0.4, -0.2) is 7.11 Å². The fourth-order valence-electron chi connectivity index (χ4n) is 2.79. The first-order valence-corrected chi connectivity index (χ1v) is 7.10. The molecule has 1 aromatic carbocycles. The maximum absolute atomic E-state index is 13.0. The monoisotopic (exact) mass is 296 g/mol. The van der Waals surface area contributed by atoms with E-state index in [0.29, 0.717) is 28.0 Å². The Morgan fingerprint density at radius 3 is 2.64 bits per heavy atom. The van der Waals surface area contributed by atoms with Gasteiger partial charge in [-0.15, -0.1) is 0 Å². The molecule has 0 aliphatic carbocycles. The summed E-state index contributed by atoms with van der Waals surface area (Å²) in [5.41, 5.74) is 2.83. The topological polar surface area (TPSA) is 43.3 Å². The molecule has 0 radical (unpaired) electrons. The van der Waals surface area contributed by atoms with E-state index in [9.17, 15) is 4.79 Å². The van der Waals surface area contributed by atoms with Gasteiger partial charge in [0.1, 0.15) is 29.7 Å². The molecule has 3 rings (SSSR count). The Bertz CT molecular complexity index is 925. The molecule has 3 aromatic rings. The van der Waals surface area contributed by atoms with Crippen LogP contribution in [0.2, 0.25) is 0 Å². The zero-order valence-electron chi connectivity index (χ0n) is 13.1. The van der Waals surface area contributed by atoms with Gasteiger partial charge in [-0.1, -0.05) is 0 Å². The first kappa shape index (κ1) is 14.3. The third-order valence-electron chi connectivity index (χ3n) is 3.89. The number of rotatable bonds is 2. The first-order valence-electron chi connectivity index (χ1n) is 7.10. The van der Waals surface area contributed by atoms with E-state index in [1.807, 2.05) is 55.9 Å². The molecule has 4 heteroatoms. The Kier molecular flexibility index (Phi) is 3.45. The first-order chi connectivity index (χ1) is 10.5. The van der Waals surface area contributed by atoms with Crippen LogP contribution in [0.4, 0.5) is 0 Å². The molecule has 4 nitrogen and oxygen atoms in total. The lowest BCUT2D eigenvalue weighted by Gasteiger charge is -2.09. The van der Waals surface area contributed by atoms with Crippen molar-refractivity contribution in [3.05, 3.63) is 58.1 Å². The molecular weight excluding hydrogens is 278 g/mol. The summed E-state index contributed by atoms with van der Waals surface area (Å²) in [5, 5.41) is 0.602. The molecule has 0 saturated carbocycles. The van der Waals surface area contributed by atoms with Crippen molar-refractivity contribution in [1.82, 2.24) is 0 Å². The van der Waals surface area contributed by atoms with Crippen molar-refractivity contribution in [3.8, 4) is 17.0 Å². The summed E-state index contributed by atoms with van der Waals surface area (Å²) in [6, 6.07) is 9.37. The van der Waals surface area contributed by atoms with Gasteiger partial charge in [-0.25, -0.2) is 4.57 Å². The summed E-state index contributed by atoms with van der Waals surface area (Å²) in [4.78, 5) is 13.0. The number of aromatic nitrogens is 1. The van der Waals surface area contributed by atoms with Crippen molar-refractivity contribution < 1.29 is 13.7 Å². The number of ether oxygens (including phenoxy) is 1. The van der Waals surface area contributed by atoms with E-state index in [1.54, 1.807) is 13.2 Å². The third-order valence-corrected chi connectivity index (χ3v) is 3.89. The predicted molar refractivity (Wildman–Crippen MR) is 85.1 cm³/mol. The van der Waals surface area contributed by atoms with Gasteiger partial charge in [0, 0.05) is 18.2 Å². The van der Waals surface area contributed by atoms with E-state index >= 15 is 0 Å². The van der Waals surface area contributed by atoms with Crippen LogP contribution >= 0.6 is 0 Å². The highest BCUT2D eigenvalue weighted by atomic mass is 16.5. The number of methoxy groups -OCH3 is 1.